The van der Waals surface area contributed by atoms with E-state index in [-0.39, 0.29) is 5.91 Å². The highest BCUT2D eigenvalue weighted by molar-refractivity contribution is 5.97. The summed E-state index contributed by atoms with van der Waals surface area (Å²) in [5, 5.41) is 7.03. The Hall–Kier alpha value is -4.00. The quantitative estimate of drug-likeness (QED) is 0.543. The van der Waals surface area contributed by atoms with Gasteiger partial charge in [0.15, 0.2) is 5.82 Å². The molecular weight excluding hydrogens is 390 g/mol. The lowest BCUT2D eigenvalue weighted by Gasteiger charge is -2.18. The second-order valence-electron chi connectivity index (χ2n) is 7.37. The number of aryl methyl sites for hydroxylation is 1. The van der Waals surface area contributed by atoms with E-state index in [4.69, 9.17) is 4.74 Å². The lowest BCUT2D eigenvalue weighted by atomic mass is 9.98. The number of carbonyl (C=O) groups is 1. The number of hydrogen-bond donors (Lipinski definition) is 1. The van der Waals surface area contributed by atoms with Gasteiger partial charge in [-0.05, 0) is 59.4 Å². The minimum atomic E-state index is -0.211. The van der Waals surface area contributed by atoms with Crippen molar-refractivity contribution in [3.63, 3.8) is 0 Å². The zero-order valence-corrected chi connectivity index (χ0v) is 16.9. The van der Waals surface area contributed by atoms with Gasteiger partial charge in [0, 0.05) is 12.7 Å². The van der Waals surface area contributed by atoms with Crippen LogP contribution in [0.15, 0.2) is 73.4 Å². The summed E-state index contributed by atoms with van der Waals surface area (Å²) >= 11 is 0. The van der Waals surface area contributed by atoms with Crippen LogP contribution in [0.5, 0.6) is 5.75 Å². The summed E-state index contributed by atoms with van der Waals surface area (Å²) in [4.78, 5) is 20.9. The Kier molecular flexibility index (Phi) is 5.14. The molecule has 0 saturated heterocycles. The van der Waals surface area contributed by atoms with Crippen LogP contribution in [-0.4, -0.2) is 32.3 Å². The summed E-state index contributed by atoms with van der Waals surface area (Å²) in [6.07, 6.45) is 6.67. The molecule has 1 aliphatic rings. The third-order valence-electron chi connectivity index (χ3n) is 5.32. The van der Waals surface area contributed by atoms with Gasteiger partial charge in [0.25, 0.3) is 5.91 Å². The van der Waals surface area contributed by atoms with E-state index in [9.17, 15) is 4.79 Å². The predicted octanol–water partition coefficient (Wildman–Crippen LogP) is 3.58. The van der Waals surface area contributed by atoms with Gasteiger partial charge in [-0.3, -0.25) is 4.79 Å². The summed E-state index contributed by atoms with van der Waals surface area (Å²) in [5.74, 6) is 1.23. The van der Waals surface area contributed by atoms with E-state index in [0.29, 0.717) is 17.9 Å². The number of hydrogen-bond acceptors (Lipinski definition) is 5. The van der Waals surface area contributed by atoms with Gasteiger partial charge in [-0.1, -0.05) is 30.3 Å². The molecule has 1 N–H and O–H groups in total. The van der Waals surface area contributed by atoms with E-state index in [1.807, 2.05) is 12.1 Å². The molecule has 7 heteroatoms. The van der Waals surface area contributed by atoms with Crippen LogP contribution in [0.1, 0.15) is 27.9 Å². The van der Waals surface area contributed by atoms with Crippen LogP contribution < -0.4 is 10.1 Å². The lowest BCUT2D eigenvalue weighted by molar-refractivity contribution is 0.0950. The van der Waals surface area contributed by atoms with Crippen LogP contribution in [0.4, 0.5) is 0 Å². The zero-order chi connectivity index (χ0) is 21.0. The summed E-state index contributed by atoms with van der Waals surface area (Å²) in [5.41, 5.74) is 5.04. The molecule has 1 amide bonds. The molecule has 0 aliphatic carbocycles. The highest BCUT2D eigenvalue weighted by Crippen LogP contribution is 2.30. The van der Waals surface area contributed by atoms with Crippen molar-refractivity contribution in [1.29, 1.82) is 0 Å². The molecule has 2 aromatic carbocycles. The van der Waals surface area contributed by atoms with E-state index in [1.165, 1.54) is 28.5 Å². The largest absolute Gasteiger partial charge is 0.493 e. The lowest BCUT2D eigenvalue weighted by Crippen LogP contribution is -2.24. The standard InChI is InChI=1S/C24H21N5O2/c30-24(21-4-1-11-26-23(21)29-16-25-15-28-29)27-14-17-5-7-18(8-6-17)19-9-10-22-20(13-19)3-2-12-31-22/h1,4-11,13,15-16H,2-3,12,14H2,(H,27,30). The van der Waals surface area contributed by atoms with E-state index < -0.39 is 0 Å². The summed E-state index contributed by atoms with van der Waals surface area (Å²) in [7, 11) is 0. The van der Waals surface area contributed by atoms with Crippen molar-refractivity contribution in [1.82, 2.24) is 25.1 Å². The Morgan fingerprint density at radius 3 is 2.81 bits per heavy atom. The Morgan fingerprint density at radius 2 is 1.97 bits per heavy atom. The monoisotopic (exact) mass is 411 g/mol. The number of amides is 1. The molecular formula is C24H21N5O2. The third-order valence-corrected chi connectivity index (χ3v) is 5.32. The molecule has 0 fully saturated rings. The maximum absolute atomic E-state index is 12.7. The average Bonchev–Trinajstić information content (AvgIpc) is 3.37. The zero-order valence-electron chi connectivity index (χ0n) is 16.9. The summed E-state index contributed by atoms with van der Waals surface area (Å²) in [6, 6.07) is 18.0. The topological polar surface area (TPSA) is 81.9 Å². The van der Waals surface area contributed by atoms with E-state index in [0.717, 1.165) is 36.3 Å². The molecule has 3 heterocycles. The molecule has 0 unspecified atom stereocenters. The summed E-state index contributed by atoms with van der Waals surface area (Å²) in [6.45, 7) is 1.22. The molecule has 0 spiro atoms. The Morgan fingerprint density at radius 1 is 1.10 bits per heavy atom. The van der Waals surface area contributed by atoms with Crippen LogP contribution in [0.3, 0.4) is 0 Å². The van der Waals surface area contributed by atoms with Crippen molar-refractivity contribution in [2.75, 3.05) is 6.61 Å². The number of rotatable bonds is 5. The van der Waals surface area contributed by atoms with Gasteiger partial charge in [-0.2, -0.15) is 5.10 Å². The van der Waals surface area contributed by atoms with Crippen molar-refractivity contribution < 1.29 is 9.53 Å². The maximum atomic E-state index is 12.7. The molecule has 0 atom stereocenters. The molecule has 2 aromatic heterocycles. The van der Waals surface area contributed by atoms with Crippen LogP contribution in [-0.2, 0) is 13.0 Å². The number of aromatic nitrogens is 4. The third kappa shape index (κ3) is 4.02. The van der Waals surface area contributed by atoms with Crippen molar-refractivity contribution in [2.24, 2.45) is 0 Å². The van der Waals surface area contributed by atoms with Gasteiger partial charge in [-0.15, -0.1) is 0 Å². The average molecular weight is 411 g/mol. The molecule has 31 heavy (non-hydrogen) atoms. The summed E-state index contributed by atoms with van der Waals surface area (Å²) < 4.78 is 7.18. The first-order valence-corrected chi connectivity index (χ1v) is 10.2. The second kappa shape index (κ2) is 8.39. The molecule has 4 aromatic rings. The molecule has 0 bridgehead atoms. The van der Waals surface area contributed by atoms with Crippen LogP contribution in [0, 0.1) is 0 Å². The second-order valence-corrected chi connectivity index (χ2v) is 7.37. The van der Waals surface area contributed by atoms with Crippen molar-refractivity contribution >= 4 is 5.91 Å². The molecule has 1 aliphatic heterocycles. The number of ether oxygens (including phenoxy) is 1. The van der Waals surface area contributed by atoms with Gasteiger partial charge < -0.3 is 10.1 Å². The van der Waals surface area contributed by atoms with Gasteiger partial charge in [-0.25, -0.2) is 14.6 Å². The van der Waals surface area contributed by atoms with Crippen molar-refractivity contribution in [2.45, 2.75) is 19.4 Å². The van der Waals surface area contributed by atoms with Gasteiger partial charge >= 0.3 is 0 Å². The van der Waals surface area contributed by atoms with E-state index in [1.54, 1.807) is 18.3 Å². The first-order valence-electron chi connectivity index (χ1n) is 10.2. The number of fused-ring (bicyclic) bond motifs is 1. The molecule has 7 nitrogen and oxygen atoms in total. The van der Waals surface area contributed by atoms with Crippen LogP contribution >= 0.6 is 0 Å². The predicted molar refractivity (Wildman–Crippen MR) is 116 cm³/mol. The fraction of sp³-hybridized carbons (Fsp3) is 0.167. The van der Waals surface area contributed by atoms with Crippen LogP contribution in [0.2, 0.25) is 0 Å². The minimum Gasteiger partial charge on any atom is -0.493 e. The van der Waals surface area contributed by atoms with Gasteiger partial charge in [0.05, 0.1) is 12.2 Å². The Balaban J connectivity index is 1.28. The minimum absolute atomic E-state index is 0.211. The number of benzene rings is 2. The van der Waals surface area contributed by atoms with Gasteiger partial charge in [0.1, 0.15) is 18.4 Å². The fourth-order valence-corrected chi connectivity index (χ4v) is 3.71. The molecule has 5 rings (SSSR count). The smallest absolute Gasteiger partial charge is 0.255 e. The molecule has 0 radical (unpaired) electrons. The fourth-order valence-electron chi connectivity index (χ4n) is 3.71. The first-order chi connectivity index (χ1) is 15.3. The first kappa shape index (κ1) is 19.0. The Bertz CT molecular complexity index is 1200. The maximum Gasteiger partial charge on any atom is 0.255 e. The van der Waals surface area contributed by atoms with Crippen LogP contribution in [0.25, 0.3) is 16.9 Å². The number of nitrogens with zero attached hydrogens (tertiary/aromatic N) is 4. The highest BCUT2D eigenvalue weighted by atomic mass is 16.5. The van der Waals surface area contributed by atoms with Crippen molar-refractivity contribution in [3.05, 3.63) is 90.1 Å². The van der Waals surface area contributed by atoms with E-state index in [2.05, 4.69) is 50.7 Å². The number of pyridine rings is 1. The number of carbonyl (C=O) groups excluding carboxylic acids is 1. The number of nitrogens with one attached hydrogen (secondary N) is 1. The highest BCUT2D eigenvalue weighted by Gasteiger charge is 2.14. The van der Waals surface area contributed by atoms with E-state index >= 15 is 0 Å². The SMILES string of the molecule is O=C(NCc1ccc(-c2ccc3c(c2)CCCO3)cc1)c1cccnc1-n1cncn1. The Labute approximate surface area is 179 Å². The van der Waals surface area contributed by atoms with Gasteiger partial charge in [0.2, 0.25) is 0 Å². The molecule has 0 saturated carbocycles. The normalized spacial score (nSPS) is 12.6. The molecule has 154 valence electrons. The van der Waals surface area contributed by atoms with Crippen molar-refractivity contribution in [3.8, 4) is 22.7 Å².